The van der Waals surface area contributed by atoms with Crippen molar-refractivity contribution in [1.82, 2.24) is 5.32 Å². The smallest absolute Gasteiger partial charge is 0.310 e. The third-order valence-corrected chi connectivity index (χ3v) is 5.00. The van der Waals surface area contributed by atoms with Gasteiger partial charge in [-0.05, 0) is 24.6 Å². The Bertz CT molecular complexity index is 815. The lowest BCUT2D eigenvalue weighted by Crippen LogP contribution is -2.34. The summed E-state index contributed by atoms with van der Waals surface area (Å²) < 4.78 is 5.09. The van der Waals surface area contributed by atoms with E-state index in [1.807, 2.05) is 52.0 Å². The second kappa shape index (κ2) is 8.95. The minimum atomic E-state index is -0.457. The highest BCUT2D eigenvalue weighted by Crippen LogP contribution is 2.18. The molecule has 0 bridgehead atoms. The molecule has 0 saturated carbocycles. The van der Waals surface area contributed by atoms with Gasteiger partial charge in [-0.25, -0.2) is 0 Å². The Morgan fingerprint density at radius 1 is 1.04 bits per heavy atom. The van der Waals surface area contributed by atoms with Crippen LogP contribution < -0.4 is 5.32 Å². The number of aryl methyl sites for hydroxylation is 1. The number of Topliss-reactive ketones (excluding diaryl/α,β-unsaturated/α-hetero) is 1. The molecule has 6 heteroatoms. The number of hydrogen-bond donors (Lipinski definition) is 1. The zero-order valence-electron chi connectivity index (χ0n) is 16.1. The molecule has 2 aromatic rings. The van der Waals surface area contributed by atoms with E-state index in [0.29, 0.717) is 11.4 Å². The van der Waals surface area contributed by atoms with Crippen LogP contribution in [-0.4, -0.2) is 24.3 Å². The number of nitrogens with one attached hydrogen (secondary N) is 1. The molecule has 5 nitrogen and oxygen atoms in total. The van der Waals surface area contributed by atoms with Crippen molar-refractivity contribution in [3.05, 3.63) is 57.3 Å². The van der Waals surface area contributed by atoms with Crippen LogP contribution in [-0.2, 0) is 27.3 Å². The first-order valence-electron chi connectivity index (χ1n) is 8.76. The van der Waals surface area contributed by atoms with Gasteiger partial charge in [-0.1, -0.05) is 50.6 Å². The lowest BCUT2D eigenvalue weighted by molar-refractivity contribution is -0.141. The summed E-state index contributed by atoms with van der Waals surface area (Å²) in [6.45, 7) is 7.61. The molecule has 1 N–H and O–H groups in total. The number of hydrogen-bond acceptors (Lipinski definition) is 5. The summed E-state index contributed by atoms with van der Waals surface area (Å²) in [7, 11) is 0. The molecule has 0 aliphatic heterocycles. The summed E-state index contributed by atoms with van der Waals surface area (Å²) >= 11 is 1.30. The number of benzene rings is 1. The van der Waals surface area contributed by atoms with E-state index < -0.39 is 11.4 Å². The van der Waals surface area contributed by atoms with Crippen LogP contribution in [0.1, 0.15) is 46.4 Å². The maximum Gasteiger partial charge on any atom is 0.310 e. The molecule has 1 heterocycles. The van der Waals surface area contributed by atoms with Crippen molar-refractivity contribution in [3.8, 4) is 0 Å². The van der Waals surface area contributed by atoms with Gasteiger partial charge >= 0.3 is 5.97 Å². The Labute approximate surface area is 163 Å². The summed E-state index contributed by atoms with van der Waals surface area (Å²) in [4.78, 5) is 37.4. The molecule has 1 aromatic carbocycles. The Morgan fingerprint density at radius 3 is 2.33 bits per heavy atom. The molecule has 0 aliphatic rings. The predicted molar refractivity (Wildman–Crippen MR) is 106 cm³/mol. The molecule has 0 radical (unpaired) electrons. The molecular formula is C21H25NO4S. The van der Waals surface area contributed by atoms with E-state index in [9.17, 15) is 14.4 Å². The predicted octanol–water partition coefficient (Wildman–Crippen LogP) is 3.69. The first-order chi connectivity index (χ1) is 12.6. The van der Waals surface area contributed by atoms with Crippen molar-refractivity contribution in [3.63, 3.8) is 0 Å². The van der Waals surface area contributed by atoms with Gasteiger partial charge < -0.3 is 10.1 Å². The number of rotatable bonds is 7. The largest absolute Gasteiger partial charge is 0.457 e. The monoisotopic (exact) mass is 387 g/mol. The summed E-state index contributed by atoms with van der Waals surface area (Å²) in [6.07, 6.45) is 0.141. The summed E-state index contributed by atoms with van der Waals surface area (Å²) in [5.74, 6) is -0.721. The SMILES string of the molecule is Cc1ccc(CC(=O)OCC(=O)c2ccc(CNC(=O)C(C)(C)C)s2)cc1. The van der Waals surface area contributed by atoms with E-state index in [1.54, 1.807) is 12.1 Å². The van der Waals surface area contributed by atoms with Crippen LogP contribution in [0, 0.1) is 12.3 Å². The maximum absolute atomic E-state index is 12.2. The molecule has 27 heavy (non-hydrogen) atoms. The zero-order chi connectivity index (χ0) is 20.0. The van der Waals surface area contributed by atoms with Crippen molar-refractivity contribution in [2.45, 2.75) is 40.7 Å². The number of esters is 1. The van der Waals surface area contributed by atoms with Gasteiger partial charge in [0.2, 0.25) is 11.7 Å². The van der Waals surface area contributed by atoms with Crippen molar-refractivity contribution in [2.75, 3.05) is 6.61 Å². The molecule has 0 atom stereocenters. The van der Waals surface area contributed by atoms with Gasteiger partial charge in [0.15, 0.2) is 6.61 Å². The fourth-order valence-corrected chi connectivity index (χ4v) is 3.07. The van der Waals surface area contributed by atoms with Crippen molar-refractivity contribution in [2.24, 2.45) is 5.41 Å². The molecule has 1 aromatic heterocycles. The van der Waals surface area contributed by atoms with Gasteiger partial charge in [0.25, 0.3) is 0 Å². The summed E-state index contributed by atoms with van der Waals surface area (Å²) in [5, 5.41) is 2.85. The van der Waals surface area contributed by atoms with Crippen LogP contribution in [0.2, 0.25) is 0 Å². The first kappa shape index (κ1) is 20.8. The quantitative estimate of drug-likeness (QED) is 0.581. The summed E-state index contributed by atoms with van der Waals surface area (Å²) in [6, 6.07) is 11.1. The number of thiophene rings is 1. The third-order valence-electron chi connectivity index (χ3n) is 3.87. The van der Waals surface area contributed by atoms with Gasteiger partial charge in [-0.3, -0.25) is 14.4 Å². The summed E-state index contributed by atoms with van der Waals surface area (Å²) in [5.41, 5.74) is 1.52. The van der Waals surface area contributed by atoms with Gasteiger partial charge in [0.1, 0.15) is 0 Å². The molecule has 2 rings (SSSR count). The molecular weight excluding hydrogens is 362 g/mol. The molecule has 0 saturated heterocycles. The minimum Gasteiger partial charge on any atom is -0.457 e. The second-order valence-electron chi connectivity index (χ2n) is 7.44. The zero-order valence-corrected chi connectivity index (χ0v) is 16.9. The molecule has 1 amide bonds. The van der Waals surface area contributed by atoms with E-state index in [-0.39, 0.29) is 24.7 Å². The molecule has 0 spiro atoms. The highest BCUT2D eigenvalue weighted by molar-refractivity contribution is 7.14. The van der Waals surface area contributed by atoms with Crippen LogP contribution in [0.5, 0.6) is 0 Å². The minimum absolute atomic E-state index is 0.0474. The Balaban J connectivity index is 1.80. The van der Waals surface area contributed by atoms with Gasteiger partial charge in [-0.2, -0.15) is 0 Å². The molecule has 0 aliphatic carbocycles. The maximum atomic E-state index is 12.2. The fourth-order valence-electron chi connectivity index (χ4n) is 2.20. The number of amides is 1. The van der Waals surface area contributed by atoms with Crippen molar-refractivity contribution in [1.29, 1.82) is 0 Å². The first-order valence-corrected chi connectivity index (χ1v) is 9.58. The molecule has 0 fully saturated rings. The standard InChI is InChI=1S/C21H25NO4S/c1-14-5-7-15(8-6-14)11-19(24)26-13-17(23)18-10-9-16(27-18)12-22-20(25)21(2,3)4/h5-10H,11-13H2,1-4H3,(H,22,25). The lowest BCUT2D eigenvalue weighted by atomic mass is 9.96. The highest BCUT2D eigenvalue weighted by Gasteiger charge is 2.21. The van der Waals surface area contributed by atoms with Crippen molar-refractivity contribution >= 4 is 29.0 Å². The Kier molecular flexibility index (Phi) is 6.91. The van der Waals surface area contributed by atoms with Gasteiger partial charge in [0, 0.05) is 10.3 Å². The Hall–Kier alpha value is -2.47. The number of carbonyl (C=O) groups excluding carboxylic acids is 3. The van der Waals surface area contributed by atoms with E-state index in [2.05, 4.69) is 5.32 Å². The highest BCUT2D eigenvalue weighted by atomic mass is 32.1. The number of carbonyl (C=O) groups is 3. The van der Waals surface area contributed by atoms with Crippen LogP contribution in [0.3, 0.4) is 0 Å². The molecule has 0 unspecified atom stereocenters. The van der Waals surface area contributed by atoms with Crippen LogP contribution in [0.15, 0.2) is 36.4 Å². The van der Waals surface area contributed by atoms with Gasteiger partial charge in [0.05, 0.1) is 17.8 Å². The van der Waals surface area contributed by atoms with Gasteiger partial charge in [-0.15, -0.1) is 11.3 Å². The van der Waals surface area contributed by atoms with E-state index in [1.165, 1.54) is 11.3 Å². The van der Waals surface area contributed by atoms with E-state index in [4.69, 9.17) is 4.74 Å². The van der Waals surface area contributed by atoms with E-state index >= 15 is 0 Å². The van der Waals surface area contributed by atoms with E-state index in [0.717, 1.165) is 16.0 Å². The van der Waals surface area contributed by atoms with Crippen molar-refractivity contribution < 1.29 is 19.1 Å². The van der Waals surface area contributed by atoms with Crippen LogP contribution >= 0.6 is 11.3 Å². The lowest BCUT2D eigenvalue weighted by Gasteiger charge is -2.17. The number of ether oxygens (including phenoxy) is 1. The average molecular weight is 388 g/mol. The topological polar surface area (TPSA) is 72.5 Å². The normalized spacial score (nSPS) is 11.1. The fraction of sp³-hybridized carbons (Fsp3) is 0.381. The average Bonchev–Trinajstić information content (AvgIpc) is 3.08. The Morgan fingerprint density at radius 2 is 1.70 bits per heavy atom. The number of ketones is 1. The second-order valence-corrected chi connectivity index (χ2v) is 8.61. The molecule has 144 valence electrons. The van der Waals surface area contributed by atoms with Crippen LogP contribution in [0.25, 0.3) is 0 Å². The van der Waals surface area contributed by atoms with Crippen LogP contribution in [0.4, 0.5) is 0 Å². The third kappa shape index (κ3) is 6.64.